The summed E-state index contributed by atoms with van der Waals surface area (Å²) < 4.78 is 0. The van der Waals surface area contributed by atoms with Gasteiger partial charge in [0.25, 0.3) is 0 Å². The molecule has 1 saturated carbocycles. The third-order valence-corrected chi connectivity index (χ3v) is 5.58. The van der Waals surface area contributed by atoms with Gasteiger partial charge in [-0.3, -0.25) is 4.90 Å². The van der Waals surface area contributed by atoms with Crippen molar-refractivity contribution < 1.29 is 0 Å². The highest BCUT2D eigenvalue weighted by molar-refractivity contribution is 5.14. The molecule has 0 spiro atoms. The predicted molar refractivity (Wildman–Crippen MR) is 87.8 cm³/mol. The molecule has 3 nitrogen and oxygen atoms in total. The Morgan fingerprint density at radius 2 is 1.90 bits per heavy atom. The van der Waals surface area contributed by atoms with E-state index < -0.39 is 0 Å². The molecule has 4 N–H and O–H groups in total. The van der Waals surface area contributed by atoms with Crippen LogP contribution in [0.3, 0.4) is 0 Å². The summed E-state index contributed by atoms with van der Waals surface area (Å²) in [6, 6.07) is 10.9. The van der Waals surface area contributed by atoms with Gasteiger partial charge in [0, 0.05) is 24.7 Å². The van der Waals surface area contributed by atoms with Crippen molar-refractivity contribution in [2.45, 2.75) is 56.7 Å². The minimum Gasteiger partial charge on any atom is -0.326 e. The fourth-order valence-electron chi connectivity index (χ4n) is 4.24. The second-order valence-electron chi connectivity index (χ2n) is 7.02. The lowest BCUT2D eigenvalue weighted by Gasteiger charge is -2.48. The van der Waals surface area contributed by atoms with Gasteiger partial charge in [-0.2, -0.15) is 0 Å². The van der Waals surface area contributed by atoms with E-state index in [0.29, 0.717) is 5.92 Å². The topological polar surface area (TPSA) is 55.3 Å². The number of piperidine rings is 1. The third kappa shape index (κ3) is 3.31. The Balaban J connectivity index is 1.65. The second-order valence-corrected chi connectivity index (χ2v) is 7.02. The smallest absolute Gasteiger partial charge is 0.0348 e. The normalized spacial score (nSPS) is 34.8. The molecule has 3 heteroatoms. The Labute approximate surface area is 128 Å². The molecule has 0 amide bonds. The van der Waals surface area contributed by atoms with E-state index in [0.717, 1.165) is 25.9 Å². The molecule has 1 aliphatic carbocycles. The SMILES string of the molecule is N[C@@H]1CCCC[C@@]1(N)C1CCCN(Cc2ccccc2)C1. The summed E-state index contributed by atoms with van der Waals surface area (Å²) in [5.74, 6) is 0.560. The van der Waals surface area contributed by atoms with Crippen LogP contribution in [0.4, 0.5) is 0 Å². The Hall–Kier alpha value is -0.900. The van der Waals surface area contributed by atoms with Gasteiger partial charge < -0.3 is 11.5 Å². The van der Waals surface area contributed by atoms with E-state index in [-0.39, 0.29) is 11.6 Å². The number of nitrogens with zero attached hydrogens (tertiary/aromatic N) is 1. The summed E-state index contributed by atoms with van der Waals surface area (Å²) >= 11 is 0. The maximum Gasteiger partial charge on any atom is 0.0348 e. The van der Waals surface area contributed by atoms with E-state index in [1.165, 1.54) is 37.8 Å². The van der Waals surface area contributed by atoms with E-state index in [4.69, 9.17) is 11.5 Å². The van der Waals surface area contributed by atoms with Gasteiger partial charge in [0.05, 0.1) is 0 Å². The number of hydrogen-bond donors (Lipinski definition) is 2. The maximum absolute atomic E-state index is 6.78. The summed E-state index contributed by atoms with van der Waals surface area (Å²) in [4.78, 5) is 2.57. The van der Waals surface area contributed by atoms with Crippen molar-refractivity contribution in [1.82, 2.24) is 4.90 Å². The molecule has 2 fully saturated rings. The first kappa shape index (κ1) is 15.0. The largest absolute Gasteiger partial charge is 0.326 e. The van der Waals surface area contributed by atoms with Crippen molar-refractivity contribution >= 4 is 0 Å². The highest BCUT2D eigenvalue weighted by Crippen LogP contribution is 2.36. The van der Waals surface area contributed by atoms with E-state index in [9.17, 15) is 0 Å². The van der Waals surface area contributed by atoms with E-state index in [2.05, 4.69) is 35.2 Å². The summed E-state index contributed by atoms with van der Waals surface area (Å²) in [6.45, 7) is 3.35. The zero-order valence-electron chi connectivity index (χ0n) is 13.0. The van der Waals surface area contributed by atoms with Crippen LogP contribution in [0.5, 0.6) is 0 Å². The van der Waals surface area contributed by atoms with Crippen LogP contribution in [0, 0.1) is 5.92 Å². The number of benzene rings is 1. The summed E-state index contributed by atoms with van der Waals surface area (Å²) in [5, 5.41) is 0. The Bertz CT molecular complexity index is 447. The molecule has 1 aliphatic heterocycles. The average Bonchev–Trinajstić information content (AvgIpc) is 2.52. The van der Waals surface area contributed by atoms with Gasteiger partial charge in [0.2, 0.25) is 0 Å². The quantitative estimate of drug-likeness (QED) is 0.898. The van der Waals surface area contributed by atoms with Crippen LogP contribution >= 0.6 is 0 Å². The van der Waals surface area contributed by atoms with Gasteiger partial charge in [-0.15, -0.1) is 0 Å². The summed E-state index contributed by atoms with van der Waals surface area (Å²) in [7, 11) is 0. The molecule has 3 rings (SSSR count). The second kappa shape index (κ2) is 6.47. The molecule has 1 aromatic carbocycles. The van der Waals surface area contributed by atoms with Crippen molar-refractivity contribution in [2.75, 3.05) is 13.1 Å². The number of nitrogens with two attached hydrogens (primary N) is 2. The van der Waals surface area contributed by atoms with Crippen LogP contribution in [0.1, 0.15) is 44.1 Å². The Morgan fingerprint density at radius 1 is 1.10 bits per heavy atom. The van der Waals surface area contributed by atoms with Crippen molar-refractivity contribution in [3.8, 4) is 0 Å². The zero-order valence-corrected chi connectivity index (χ0v) is 13.0. The fourth-order valence-corrected chi connectivity index (χ4v) is 4.24. The monoisotopic (exact) mass is 287 g/mol. The highest BCUT2D eigenvalue weighted by atomic mass is 15.1. The first-order valence-electron chi connectivity index (χ1n) is 8.49. The minimum absolute atomic E-state index is 0.131. The molecular formula is C18H29N3. The number of rotatable bonds is 3. The molecular weight excluding hydrogens is 258 g/mol. The Morgan fingerprint density at radius 3 is 2.67 bits per heavy atom. The van der Waals surface area contributed by atoms with Crippen LogP contribution in [0.25, 0.3) is 0 Å². The van der Waals surface area contributed by atoms with Gasteiger partial charge in [-0.25, -0.2) is 0 Å². The lowest BCUT2D eigenvalue weighted by atomic mass is 9.68. The molecule has 0 bridgehead atoms. The zero-order chi connectivity index (χ0) is 14.7. The molecule has 1 heterocycles. The molecule has 21 heavy (non-hydrogen) atoms. The molecule has 0 aromatic heterocycles. The van der Waals surface area contributed by atoms with Crippen molar-refractivity contribution in [3.63, 3.8) is 0 Å². The predicted octanol–water partition coefficient (Wildman–Crippen LogP) is 2.50. The molecule has 1 unspecified atom stereocenters. The lowest BCUT2D eigenvalue weighted by Crippen LogP contribution is -2.64. The molecule has 1 aromatic rings. The van der Waals surface area contributed by atoms with Gasteiger partial charge in [0.15, 0.2) is 0 Å². The first-order valence-corrected chi connectivity index (χ1v) is 8.49. The summed E-state index contributed by atoms with van der Waals surface area (Å²) in [5.41, 5.74) is 14.4. The van der Waals surface area contributed by atoms with Crippen molar-refractivity contribution in [1.29, 1.82) is 0 Å². The Kier molecular flexibility index (Phi) is 4.63. The van der Waals surface area contributed by atoms with Gasteiger partial charge >= 0.3 is 0 Å². The maximum atomic E-state index is 6.78. The number of likely N-dealkylation sites (tertiary alicyclic amines) is 1. The first-order chi connectivity index (χ1) is 10.2. The third-order valence-electron chi connectivity index (χ3n) is 5.58. The lowest BCUT2D eigenvalue weighted by molar-refractivity contribution is 0.0758. The van der Waals surface area contributed by atoms with E-state index in [1.807, 2.05) is 0 Å². The van der Waals surface area contributed by atoms with Gasteiger partial charge in [-0.1, -0.05) is 43.2 Å². The van der Waals surface area contributed by atoms with Crippen LogP contribution in [-0.4, -0.2) is 29.6 Å². The van der Waals surface area contributed by atoms with Crippen molar-refractivity contribution in [3.05, 3.63) is 35.9 Å². The molecule has 1 saturated heterocycles. The molecule has 0 radical (unpaired) electrons. The number of hydrogen-bond acceptors (Lipinski definition) is 3. The van der Waals surface area contributed by atoms with Gasteiger partial charge in [-0.05, 0) is 43.7 Å². The van der Waals surface area contributed by atoms with Crippen LogP contribution in [0.15, 0.2) is 30.3 Å². The molecule has 3 atom stereocenters. The van der Waals surface area contributed by atoms with Crippen molar-refractivity contribution in [2.24, 2.45) is 17.4 Å². The van der Waals surface area contributed by atoms with E-state index >= 15 is 0 Å². The average molecular weight is 287 g/mol. The highest BCUT2D eigenvalue weighted by Gasteiger charge is 2.43. The molecule has 2 aliphatic rings. The van der Waals surface area contributed by atoms with Gasteiger partial charge in [0.1, 0.15) is 0 Å². The van der Waals surface area contributed by atoms with Crippen LogP contribution in [-0.2, 0) is 6.54 Å². The van der Waals surface area contributed by atoms with E-state index in [1.54, 1.807) is 0 Å². The standard InChI is InChI=1S/C18H29N3/c19-17-10-4-5-11-18(17,20)16-9-6-12-21(14-16)13-15-7-2-1-3-8-15/h1-3,7-8,16-17H,4-6,9-14,19-20H2/t16?,17-,18-/m1/s1. The van der Waals surface area contributed by atoms with Crippen LogP contribution < -0.4 is 11.5 Å². The summed E-state index contributed by atoms with van der Waals surface area (Å²) in [6.07, 6.45) is 7.21. The fraction of sp³-hybridized carbons (Fsp3) is 0.667. The molecule has 116 valence electrons. The van der Waals surface area contributed by atoms with Crippen LogP contribution in [0.2, 0.25) is 0 Å². The minimum atomic E-state index is -0.131.